The molecule has 1 aliphatic heterocycles. The van der Waals surface area contributed by atoms with E-state index >= 15 is 0 Å². The quantitative estimate of drug-likeness (QED) is 0.683. The molecule has 0 saturated heterocycles. The van der Waals surface area contributed by atoms with E-state index in [0.717, 1.165) is 44.8 Å². The highest BCUT2D eigenvalue weighted by atomic mass is 16.4. The minimum atomic E-state index is -0.779. The van der Waals surface area contributed by atoms with Gasteiger partial charge in [0.1, 0.15) is 0 Å². The minimum absolute atomic E-state index is 0.126. The molecule has 2 aromatic heterocycles. The number of fused-ring (bicyclic) bond motifs is 1. The highest BCUT2D eigenvalue weighted by Gasteiger charge is 2.18. The molecule has 0 unspecified atom stereocenters. The van der Waals surface area contributed by atoms with Crippen molar-refractivity contribution in [1.82, 2.24) is 24.5 Å². The second-order valence-corrected chi connectivity index (χ2v) is 7.28. The molecule has 7 nitrogen and oxygen atoms in total. The largest absolute Gasteiger partial charge is 0.481 e. The molecular formula is C21H25N5O2. The van der Waals surface area contributed by atoms with Crippen LogP contribution in [-0.4, -0.2) is 42.1 Å². The number of carboxylic acids is 1. The van der Waals surface area contributed by atoms with Gasteiger partial charge in [0.25, 0.3) is 0 Å². The van der Waals surface area contributed by atoms with Crippen LogP contribution in [0.5, 0.6) is 0 Å². The van der Waals surface area contributed by atoms with Gasteiger partial charge in [0.05, 0.1) is 24.4 Å². The number of nitrogens with zero attached hydrogens (tertiary/aromatic N) is 5. The molecule has 7 heteroatoms. The predicted molar refractivity (Wildman–Crippen MR) is 105 cm³/mol. The van der Waals surface area contributed by atoms with Gasteiger partial charge in [-0.15, -0.1) is 0 Å². The van der Waals surface area contributed by atoms with Crippen LogP contribution in [0.2, 0.25) is 0 Å². The van der Waals surface area contributed by atoms with Gasteiger partial charge < -0.3 is 5.11 Å². The van der Waals surface area contributed by atoms with Crippen LogP contribution < -0.4 is 0 Å². The lowest BCUT2D eigenvalue weighted by atomic mass is 10.1. The average Bonchev–Trinajstić information content (AvgIpc) is 3.28. The summed E-state index contributed by atoms with van der Waals surface area (Å²) < 4.78 is 4.00. The van der Waals surface area contributed by atoms with E-state index in [9.17, 15) is 4.79 Å². The highest BCUT2D eigenvalue weighted by molar-refractivity contribution is 5.66. The van der Waals surface area contributed by atoms with E-state index in [-0.39, 0.29) is 6.42 Å². The second kappa shape index (κ2) is 8.39. The topological polar surface area (TPSA) is 76.2 Å². The molecular weight excluding hydrogens is 354 g/mol. The lowest BCUT2D eigenvalue weighted by molar-refractivity contribution is -0.136. The van der Waals surface area contributed by atoms with Crippen molar-refractivity contribution in [1.29, 1.82) is 0 Å². The standard InChI is InChI=1S/C21H25N5O2/c27-21(28)8-7-19-13-20-16-24(10-4-12-26(20)23-19)14-17-5-1-2-6-18(17)15-25-11-3-9-22-25/h1-3,5-6,9,11,13H,4,7-8,10,12,14-16H2,(H,27,28). The number of aromatic nitrogens is 4. The van der Waals surface area contributed by atoms with Gasteiger partial charge in [0.2, 0.25) is 0 Å². The van der Waals surface area contributed by atoms with Crippen LogP contribution in [-0.2, 0) is 37.4 Å². The fourth-order valence-corrected chi connectivity index (χ4v) is 3.76. The number of rotatable bonds is 7. The number of benzene rings is 1. The Balaban J connectivity index is 1.46. The van der Waals surface area contributed by atoms with Gasteiger partial charge in [0, 0.05) is 45.0 Å². The van der Waals surface area contributed by atoms with E-state index in [1.807, 2.05) is 21.6 Å². The number of hydrogen-bond donors (Lipinski definition) is 1. The maximum absolute atomic E-state index is 10.8. The lowest BCUT2D eigenvalue weighted by Crippen LogP contribution is -2.23. The summed E-state index contributed by atoms with van der Waals surface area (Å²) in [7, 11) is 0. The van der Waals surface area contributed by atoms with Crippen molar-refractivity contribution in [3.05, 3.63) is 71.3 Å². The Kier molecular flexibility index (Phi) is 5.53. The third-order valence-electron chi connectivity index (χ3n) is 5.14. The van der Waals surface area contributed by atoms with Gasteiger partial charge in [-0.1, -0.05) is 24.3 Å². The zero-order chi connectivity index (χ0) is 19.3. The molecule has 1 aromatic carbocycles. The molecule has 0 saturated carbocycles. The van der Waals surface area contributed by atoms with Crippen LogP contribution in [0.15, 0.2) is 48.8 Å². The summed E-state index contributed by atoms with van der Waals surface area (Å²) in [4.78, 5) is 13.3. The molecule has 1 N–H and O–H groups in total. The van der Waals surface area contributed by atoms with E-state index in [1.165, 1.54) is 16.8 Å². The third kappa shape index (κ3) is 4.48. The van der Waals surface area contributed by atoms with Crippen molar-refractivity contribution in [2.75, 3.05) is 6.54 Å². The maximum Gasteiger partial charge on any atom is 0.303 e. The Morgan fingerprint density at radius 2 is 1.93 bits per heavy atom. The normalized spacial score (nSPS) is 14.6. The Hall–Kier alpha value is -2.93. The van der Waals surface area contributed by atoms with Crippen LogP contribution in [0, 0.1) is 0 Å². The second-order valence-electron chi connectivity index (χ2n) is 7.28. The predicted octanol–water partition coefficient (Wildman–Crippen LogP) is 2.55. The monoisotopic (exact) mass is 379 g/mol. The Morgan fingerprint density at radius 3 is 2.68 bits per heavy atom. The van der Waals surface area contributed by atoms with Crippen LogP contribution in [0.1, 0.15) is 35.4 Å². The van der Waals surface area contributed by atoms with Gasteiger partial charge in [-0.25, -0.2) is 0 Å². The molecule has 0 amide bonds. The van der Waals surface area contributed by atoms with Gasteiger partial charge in [-0.2, -0.15) is 10.2 Å². The smallest absolute Gasteiger partial charge is 0.303 e. The van der Waals surface area contributed by atoms with Crippen molar-refractivity contribution < 1.29 is 9.90 Å². The van der Waals surface area contributed by atoms with Crippen LogP contribution in [0.3, 0.4) is 0 Å². The van der Waals surface area contributed by atoms with Crippen molar-refractivity contribution in [3.63, 3.8) is 0 Å². The zero-order valence-corrected chi connectivity index (χ0v) is 15.9. The molecule has 0 radical (unpaired) electrons. The highest BCUT2D eigenvalue weighted by Crippen LogP contribution is 2.19. The Labute approximate surface area is 164 Å². The SMILES string of the molecule is O=C(O)CCc1cc2n(n1)CCCN(Cc1ccccc1Cn1cccn1)C2. The molecule has 4 rings (SSSR count). The summed E-state index contributed by atoms with van der Waals surface area (Å²) in [6.07, 6.45) is 5.44. The van der Waals surface area contributed by atoms with Crippen molar-refractivity contribution in [3.8, 4) is 0 Å². The molecule has 0 fully saturated rings. The van der Waals surface area contributed by atoms with Crippen molar-refractivity contribution in [2.24, 2.45) is 0 Å². The Morgan fingerprint density at radius 1 is 1.11 bits per heavy atom. The van der Waals surface area contributed by atoms with Gasteiger partial charge in [-0.05, 0) is 29.7 Å². The first-order valence-electron chi connectivity index (χ1n) is 9.71. The molecule has 3 heterocycles. The summed E-state index contributed by atoms with van der Waals surface area (Å²) in [5.41, 5.74) is 4.64. The number of hydrogen-bond acceptors (Lipinski definition) is 4. The molecule has 0 bridgehead atoms. The molecule has 0 aliphatic carbocycles. The minimum Gasteiger partial charge on any atom is -0.481 e. The summed E-state index contributed by atoms with van der Waals surface area (Å²) in [5.74, 6) is -0.779. The van der Waals surface area contributed by atoms with E-state index < -0.39 is 5.97 Å². The Bertz CT molecular complexity index is 932. The maximum atomic E-state index is 10.8. The number of aliphatic carboxylic acids is 1. The molecule has 0 spiro atoms. The summed E-state index contributed by atoms with van der Waals surface area (Å²) in [6.45, 7) is 4.38. The van der Waals surface area contributed by atoms with Gasteiger partial charge in [-0.3, -0.25) is 19.1 Å². The number of carbonyl (C=O) groups is 1. The first kappa shape index (κ1) is 18.4. The molecule has 3 aromatic rings. The summed E-state index contributed by atoms with van der Waals surface area (Å²) in [5, 5.41) is 17.8. The molecule has 0 atom stereocenters. The molecule has 146 valence electrons. The first-order chi connectivity index (χ1) is 13.7. The fraction of sp³-hybridized carbons (Fsp3) is 0.381. The van der Waals surface area contributed by atoms with Gasteiger partial charge in [0.15, 0.2) is 0 Å². The van der Waals surface area contributed by atoms with Gasteiger partial charge >= 0.3 is 5.97 Å². The number of carboxylic acid groups (broad SMARTS) is 1. The van der Waals surface area contributed by atoms with Crippen molar-refractivity contribution in [2.45, 2.75) is 45.4 Å². The fourth-order valence-electron chi connectivity index (χ4n) is 3.76. The number of aryl methyl sites for hydroxylation is 2. The van der Waals surface area contributed by atoms with Crippen LogP contribution >= 0.6 is 0 Å². The lowest BCUT2D eigenvalue weighted by Gasteiger charge is -2.21. The zero-order valence-electron chi connectivity index (χ0n) is 15.9. The van der Waals surface area contributed by atoms with Crippen LogP contribution in [0.4, 0.5) is 0 Å². The third-order valence-corrected chi connectivity index (χ3v) is 5.14. The summed E-state index contributed by atoms with van der Waals surface area (Å²) in [6, 6.07) is 12.5. The van der Waals surface area contributed by atoms with E-state index in [2.05, 4.69) is 45.4 Å². The molecule has 1 aliphatic rings. The van der Waals surface area contributed by atoms with Crippen molar-refractivity contribution >= 4 is 5.97 Å². The van der Waals surface area contributed by atoms with E-state index in [4.69, 9.17) is 5.11 Å². The van der Waals surface area contributed by atoms with E-state index in [1.54, 1.807) is 6.20 Å². The summed E-state index contributed by atoms with van der Waals surface area (Å²) >= 11 is 0. The molecule has 28 heavy (non-hydrogen) atoms. The van der Waals surface area contributed by atoms with E-state index in [0.29, 0.717) is 6.42 Å². The average molecular weight is 379 g/mol. The van der Waals surface area contributed by atoms with Crippen LogP contribution in [0.25, 0.3) is 0 Å². The first-order valence-corrected chi connectivity index (χ1v) is 9.71.